The second-order valence-corrected chi connectivity index (χ2v) is 5.51. The number of aromatic amines is 1. The van der Waals surface area contributed by atoms with Crippen LogP contribution in [0.25, 0.3) is 5.78 Å². The summed E-state index contributed by atoms with van der Waals surface area (Å²) in [5.41, 5.74) is 1.18. The first-order chi connectivity index (χ1) is 9.49. The van der Waals surface area contributed by atoms with Crippen molar-refractivity contribution in [3.8, 4) is 0 Å². The molecule has 2 aromatic heterocycles. The fourth-order valence-corrected chi connectivity index (χ4v) is 2.84. The molecule has 0 aromatic carbocycles. The monoisotopic (exact) mass is 296 g/mol. The number of carbonyl (C=O) groups is 1. The van der Waals surface area contributed by atoms with Gasteiger partial charge in [0, 0.05) is 11.3 Å². The van der Waals surface area contributed by atoms with E-state index in [9.17, 15) is 9.59 Å². The van der Waals surface area contributed by atoms with Crippen LogP contribution in [-0.4, -0.2) is 37.9 Å². The summed E-state index contributed by atoms with van der Waals surface area (Å²) in [7, 11) is 1.36. The fraction of sp³-hybridized carbons (Fsp3) is 0.500. The molecule has 0 saturated heterocycles. The number of fused-ring (bicyclic) bond motifs is 1. The number of hydrogen-bond donors (Lipinski definition) is 1. The summed E-state index contributed by atoms with van der Waals surface area (Å²) in [6.45, 7) is 5.46. The molecule has 20 heavy (non-hydrogen) atoms. The van der Waals surface area contributed by atoms with Gasteiger partial charge in [0.1, 0.15) is 5.25 Å². The number of carbonyl (C=O) groups excluding carboxylic acids is 1. The normalized spacial score (nSPS) is 12.6. The Kier molecular flexibility index (Phi) is 4.12. The highest BCUT2D eigenvalue weighted by atomic mass is 32.2. The van der Waals surface area contributed by atoms with Crippen LogP contribution in [0.1, 0.15) is 24.6 Å². The SMILES string of the molecule is CC[C@H](Sc1nnc2[nH]c(=O)c(C)c(C)n12)C(=O)OC. The van der Waals surface area contributed by atoms with Gasteiger partial charge in [0.15, 0.2) is 5.16 Å². The van der Waals surface area contributed by atoms with E-state index in [1.54, 1.807) is 11.3 Å². The molecule has 1 N–H and O–H groups in total. The third kappa shape index (κ3) is 2.43. The van der Waals surface area contributed by atoms with Gasteiger partial charge in [0.2, 0.25) is 5.78 Å². The van der Waals surface area contributed by atoms with E-state index in [0.717, 1.165) is 5.69 Å². The lowest BCUT2D eigenvalue weighted by molar-refractivity contribution is -0.140. The molecule has 2 aromatic rings. The van der Waals surface area contributed by atoms with E-state index in [0.29, 0.717) is 22.9 Å². The topological polar surface area (TPSA) is 89.4 Å². The van der Waals surface area contributed by atoms with Crippen LogP contribution in [0, 0.1) is 13.8 Å². The summed E-state index contributed by atoms with van der Waals surface area (Å²) < 4.78 is 6.51. The Hall–Kier alpha value is -1.83. The molecule has 0 aliphatic heterocycles. The Balaban J connectivity index is 2.48. The minimum absolute atomic E-state index is 0.182. The van der Waals surface area contributed by atoms with E-state index < -0.39 is 0 Å². The summed E-state index contributed by atoms with van der Waals surface area (Å²) in [6.07, 6.45) is 0.619. The van der Waals surface area contributed by atoms with Crippen LogP contribution in [0.5, 0.6) is 0 Å². The van der Waals surface area contributed by atoms with E-state index in [1.807, 2.05) is 13.8 Å². The van der Waals surface area contributed by atoms with Gasteiger partial charge in [-0.1, -0.05) is 18.7 Å². The summed E-state index contributed by atoms with van der Waals surface area (Å²) >= 11 is 1.28. The Labute approximate surface area is 119 Å². The summed E-state index contributed by atoms with van der Waals surface area (Å²) in [4.78, 5) is 26.0. The second-order valence-electron chi connectivity index (χ2n) is 4.34. The Bertz CT molecular complexity index is 707. The first kappa shape index (κ1) is 14.6. The highest BCUT2D eigenvalue weighted by Gasteiger charge is 2.22. The number of hydrogen-bond acceptors (Lipinski definition) is 6. The van der Waals surface area contributed by atoms with Crippen LogP contribution in [0.2, 0.25) is 0 Å². The van der Waals surface area contributed by atoms with Crippen molar-refractivity contribution in [2.75, 3.05) is 7.11 Å². The molecule has 0 spiro atoms. The van der Waals surface area contributed by atoms with Crippen LogP contribution in [0.4, 0.5) is 0 Å². The number of ether oxygens (including phenoxy) is 1. The molecule has 8 heteroatoms. The van der Waals surface area contributed by atoms with Gasteiger partial charge in [-0.15, -0.1) is 10.2 Å². The minimum Gasteiger partial charge on any atom is -0.468 e. The zero-order chi connectivity index (χ0) is 14.9. The first-order valence-corrected chi connectivity index (χ1v) is 7.06. The van der Waals surface area contributed by atoms with Crippen molar-refractivity contribution in [2.24, 2.45) is 0 Å². The van der Waals surface area contributed by atoms with Gasteiger partial charge in [-0.05, 0) is 20.3 Å². The Morgan fingerprint density at radius 2 is 2.15 bits per heavy atom. The molecular formula is C12H16N4O3S. The number of H-pyrrole nitrogens is 1. The lowest BCUT2D eigenvalue weighted by atomic mass is 10.3. The lowest BCUT2D eigenvalue weighted by Gasteiger charge is -2.11. The number of esters is 1. The summed E-state index contributed by atoms with van der Waals surface area (Å²) in [6, 6.07) is 0. The Morgan fingerprint density at radius 1 is 1.45 bits per heavy atom. The molecule has 0 radical (unpaired) electrons. The van der Waals surface area contributed by atoms with E-state index >= 15 is 0 Å². The number of thioether (sulfide) groups is 1. The molecule has 7 nitrogen and oxygen atoms in total. The van der Waals surface area contributed by atoms with Crippen LogP contribution >= 0.6 is 11.8 Å². The maximum atomic E-state index is 11.7. The highest BCUT2D eigenvalue weighted by molar-refractivity contribution is 8.00. The molecule has 108 valence electrons. The van der Waals surface area contributed by atoms with Gasteiger partial charge in [-0.3, -0.25) is 19.0 Å². The van der Waals surface area contributed by atoms with Gasteiger partial charge >= 0.3 is 5.97 Å². The quantitative estimate of drug-likeness (QED) is 0.671. The van der Waals surface area contributed by atoms with Crippen molar-refractivity contribution in [1.29, 1.82) is 0 Å². The standard InChI is InChI=1S/C12H16N4O3S/c1-5-8(10(18)19-4)20-12-15-14-11-13-9(17)6(2)7(3)16(11)12/h8H,5H2,1-4H3,(H,13,14,17)/t8-/m0/s1. The lowest BCUT2D eigenvalue weighted by Crippen LogP contribution is -2.19. The molecule has 0 unspecified atom stereocenters. The van der Waals surface area contributed by atoms with Gasteiger partial charge in [0.25, 0.3) is 5.56 Å². The van der Waals surface area contributed by atoms with E-state index in [2.05, 4.69) is 15.2 Å². The molecule has 0 aliphatic carbocycles. The van der Waals surface area contributed by atoms with Crippen molar-refractivity contribution < 1.29 is 9.53 Å². The minimum atomic E-state index is -0.348. The maximum Gasteiger partial charge on any atom is 0.319 e. The second kappa shape index (κ2) is 5.66. The number of aryl methyl sites for hydroxylation is 1. The number of nitrogens with zero attached hydrogens (tertiary/aromatic N) is 3. The molecule has 0 aliphatic rings. The molecule has 0 amide bonds. The average molecular weight is 296 g/mol. The molecule has 2 heterocycles. The van der Waals surface area contributed by atoms with E-state index in [-0.39, 0.29) is 16.8 Å². The molecule has 1 atom stereocenters. The molecule has 0 fully saturated rings. The number of aromatic nitrogens is 4. The van der Waals surface area contributed by atoms with E-state index in [1.165, 1.54) is 18.9 Å². The van der Waals surface area contributed by atoms with Crippen molar-refractivity contribution in [2.45, 2.75) is 37.6 Å². The predicted octanol–water partition coefficient (Wildman–Crippen LogP) is 1.08. The number of nitrogens with one attached hydrogen (secondary N) is 1. The highest BCUT2D eigenvalue weighted by Crippen LogP contribution is 2.25. The summed E-state index contributed by atoms with van der Waals surface area (Å²) in [5, 5.41) is 8.20. The van der Waals surface area contributed by atoms with Crippen molar-refractivity contribution >= 4 is 23.5 Å². The average Bonchev–Trinajstić information content (AvgIpc) is 2.84. The third-order valence-corrected chi connectivity index (χ3v) is 4.45. The molecule has 0 bridgehead atoms. The fourth-order valence-electron chi connectivity index (χ4n) is 1.81. The first-order valence-electron chi connectivity index (χ1n) is 6.18. The van der Waals surface area contributed by atoms with Gasteiger partial charge in [-0.25, -0.2) is 0 Å². The zero-order valence-corrected chi connectivity index (χ0v) is 12.6. The van der Waals surface area contributed by atoms with Gasteiger partial charge in [-0.2, -0.15) is 0 Å². The zero-order valence-electron chi connectivity index (χ0n) is 11.8. The molecule has 0 saturated carbocycles. The van der Waals surface area contributed by atoms with E-state index in [4.69, 9.17) is 4.74 Å². The largest absolute Gasteiger partial charge is 0.468 e. The van der Waals surface area contributed by atoms with Gasteiger partial charge in [0.05, 0.1) is 7.11 Å². The van der Waals surface area contributed by atoms with Crippen LogP contribution < -0.4 is 5.56 Å². The Morgan fingerprint density at radius 3 is 2.75 bits per heavy atom. The van der Waals surface area contributed by atoms with Crippen molar-refractivity contribution in [3.05, 3.63) is 21.6 Å². The maximum absolute atomic E-state index is 11.7. The number of methoxy groups -OCH3 is 1. The van der Waals surface area contributed by atoms with Gasteiger partial charge < -0.3 is 4.74 Å². The predicted molar refractivity (Wildman–Crippen MR) is 75.0 cm³/mol. The van der Waals surface area contributed by atoms with Crippen LogP contribution in [0.15, 0.2) is 9.95 Å². The summed E-state index contributed by atoms with van der Waals surface area (Å²) in [5.74, 6) is 0.0772. The molecular weight excluding hydrogens is 280 g/mol. The van der Waals surface area contributed by atoms with Crippen molar-refractivity contribution in [3.63, 3.8) is 0 Å². The smallest absolute Gasteiger partial charge is 0.319 e. The number of rotatable bonds is 4. The molecule has 2 rings (SSSR count). The third-order valence-electron chi connectivity index (χ3n) is 3.16. The van der Waals surface area contributed by atoms with Crippen LogP contribution in [-0.2, 0) is 9.53 Å². The van der Waals surface area contributed by atoms with Crippen molar-refractivity contribution in [1.82, 2.24) is 19.6 Å². The van der Waals surface area contributed by atoms with Crippen LogP contribution in [0.3, 0.4) is 0 Å².